The minimum Gasteiger partial charge on any atom is -0.356 e. The first-order valence-corrected chi connectivity index (χ1v) is 8.89. The van der Waals surface area contributed by atoms with Crippen LogP contribution in [0.3, 0.4) is 0 Å². The van der Waals surface area contributed by atoms with Crippen molar-refractivity contribution in [2.75, 3.05) is 25.9 Å². The molecule has 0 aromatic heterocycles. The van der Waals surface area contributed by atoms with Crippen LogP contribution in [0.25, 0.3) is 0 Å². The van der Waals surface area contributed by atoms with E-state index in [1.807, 2.05) is 7.05 Å². The largest absolute Gasteiger partial charge is 0.356 e. The number of aliphatic imine (C=N–C) groups is 1. The van der Waals surface area contributed by atoms with Gasteiger partial charge in [0.05, 0.1) is 0 Å². The van der Waals surface area contributed by atoms with Gasteiger partial charge in [-0.15, -0.1) is 0 Å². The van der Waals surface area contributed by atoms with Gasteiger partial charge >= 0.3 is 0 Å². The molecule has 0 bridgehead atoms. The van der Waals surface area contributed by atoms with Gasteiger partial charge in [0.25, 0.3) is 0 Å². The Balaban J connectivity index is 1.64. The van der Waals surface area contributed by atoms with Gasteiger partial charge in [0.2, 0.25) is 0 Å². The molecule has 3 unspecified atom stereocenters. The van der Waals surface area contributed by atoms with Gasteiger partial charge in [-0.1, -0.05) is 19.8 Å². The molecule has 1 heterocycles. The maximum absolute atomic E-state index is 4.34. The van der Waals surface area contributed by atoms with Crippen LogP contribution >= 0.6 is 11.8 Å². The molecule has 0 aromatic rings. The Hall–Kier alpha value is -0.380. The van der Waals surface area contributed by atoms with Gasteiger partial charge < -0.3 is 10.6 Å². The molecule has 3 atom stereocenters. The fourth-order valence-electron chi connectivity index (χ4n) is 3.22. The Morgan fingerprint density at radius 3 is 2.68 bits per heavy atom. The van der Waals surface area contributed by atoms with Gasteiger partial charge in [-0.3, -0.25) is 4.99 Å². The molecular formula is C15H29N3S. The Labute approximate surface area is 122 Å². The van der Waals surface area contributed by atoms with Crippen molar-refractivity contribution in [1.82, 2.24) is 10.6 Å². The molecule has 110 valence electrons. The minimum absolute atomic E-state index is 0.785. The second-order valence-electron chi connectivity index (χ2n) is 6.11. The third-order valence-corrected chi connectivity index (χ3v) is 5.75. The normalized spacial score (nSPS) is 32.3. The number of nitrogens with zero attached hydrogens (tertiary/aromatic N) is 1. The monoisotopic (exact) mass is 283 g/mol. The van der Waals surface area contributed by atoms with E-state index in [1.165, 1.54) is 44.3 Å². The van der Waals surface area contributed by atoms with E-state index in [0.717, 1.165) is 36.1 Å². The highest BCUT2D eigenvalue weighted by Gasteiger charge is 2.19. The third-order valence-electron chi connectivity index (χ3n) is 4.35. The van der Waals surface area contributed by atoms with Gasteiger partial charge in [0, 0.05) is 25.4 Å². The molecule has 0 radical (unpaired) electrons. The molecule has 1 saturated heterocycles. The van der Waals surface area contributed by atoms with Gasteiger partial charge in [-0.25, -0.2) is 0 Å². The molecule has 4 heteroatoms. The molecule has 2 aliphatic rings. The summed E-state index contributed by atoms with van der Waals surface area (Å²) in [5, 5.41) is 7.78. The zero-order valence-electron chi connectivity index (χ0n) is 12.5. The van der Waals surface area contributed by atoms with E-state index < -0.39 is 0 Å². The van der Waals surface area contributed by atoms with Crippen molar-refractivity contribution in [2.24, 2.45) is 16.8 Å². The fraction of sp³-hybridized carbons (Fsp3) is 0.933. The fourth-order valence-corrected chi connectivity index (χ4v) is 4.42. The lowest BCUT2D eigenvalue weighted by molar-refractivity contribution is 0.282. The number of guanidine groups is 1. The van der Waals surface area contributed by atoms with Crippen LogP contribution in [-0.4, -0.2) is 37.1 Å². The average Bonchev–Trinajstić information content (AvgIpc) is 2.92. The minimum atomic E-state index is 0.785. The van der Waals surface area contributed by atoms with E-state index in [-0.39, 0.29) is 0 Å². The van der Waals surface area contributed by atoms with Crippen LogP contribution in [0, 0.1) is 11.8 Å². The van der Waals surface area contributed by atoms with Crippen molar-refractivity contribution in [3.8, 4) is 0 Å². The number of nitrogens with one attached hydrogen (secondary N) is 2. The van der Waals surface area contributed by atoms with Crippen molar-refractivity contribution in [3.63, 3.8) is 0 Å². The summed E-state index contributed by atoms with van der Waals surface area (Å²) >= 11 is 2.10. The summed E-state index contributed by atoms with van der Waals surface area (Å²) < 4.78 is 0. The lowest BCUT2D eigenvalue weighted by Gasteiger charge is -2.27. The summed E-state index contributed by atoms with van der Waals surface area (Å²) in [4.78, 5) is 4.34. The molecule has 1 aliphatic heterocycles. The summed E-state index contributed by atoms with van der Waals surface area (Å²) in [6.07, 6.45) is 8.31. The molecule has 0 aromatic carbocycles. The molecule has 1 aliphatic carbocycles. The van der Waals surface area contributed by atoms with E-state index in [4.69, 9.17) is 0 Å². The lowest BCUT2D eigenvalue weighted by Crippen LogP contribution is -2.42. The molecule has 2 N–H and O–H groups in total. The molecule has 2 fully saturated rings. The zero-order chi connectivity index (χ0) is 13.5. The first-order valence-electron chi connectivity index (χ1n) is 7.84. The Kier molecular flexibility index (Phi) is 6.35. The van der Waals surface area contributed by atoms with Crippen molar-refractivity contribution >= 4 is 17.7 Å². The van der Waals surface area contributed by atoms with Crippen LogP contribution in [-0.2, 0) is 0 Å². The SMILES string of the molecule is CN=C(NCC1CCCC(C)C1)NCC1CCCS1. The smallest absolute Gasteiger partial charge is 0.191 e. The summed E-state index contributed by atoms with van der Waals surface area (Å²) in [5.74, 6) is 4.07. The highest BCUT2D eigenvalue weighted by molar-refractivity contribution is 8.00. The molecule has 3 nitrogen and oxygen atoms in total. The van der Waals surface area contributed by atoms with Gasteiger partial charge in [0.1, 0.15) is 0 Å². The van der Waals surface area contributed by atoms with Crippen LogP contribution in [0.4, 0.5) is 0 Å². The molecule has 0 spiro atoms. The Morgan fingerprint density at radius 1 is 1.16 bits per heavy atom. The van der Waals surface area contributed by atoms with Gasteiger partial charge in [-0.2, -0.15) is 11.8 Å². The van der Waals surface area contributed by atoms with E-state index in [1.54, 1.807) is 0 Å². The summed E-state index contributed by atoms with van der Waals surface area (Å²) in [5.41, 5.74) is 0. The van der Waals surface area contributed by atoms with Crippen LogP contribution in [0.1, 0.15) is 45.4 Å². The lowest BCUT2D eigenvalue weighted by atomic mass is 9.82. The predicted octanol–water partition coefficient (Wildman–Crippen LogP) is 2.87. The van der Waals surface area contributed by atoms with Crippen molar-refractivity contribution < 1.29 is 0 Å². The highest BCUT2D eigenvalue weighted by atomic mass is 32.2. The van der Waals surface area contributed by atoms with Gasteiger partial charge in [0.15, 0.2) is 5.96 Å². The Morgan fingerprint density at radius 2 is 2.00 bits per heavy atom. The number of hydrogen-bond donors (Lipinski definition) is 2. The molecule has 19 heavy (non-hydrogen) atoms. The van der Waals surface area contributed by atoms with E-state index >= 15 is 0 Å². The Bertz CT molecular complexity index is 287. The third kappa shape index (κ3) is 5.25. The van der Waals surface area contributed by atoms with Crippen LogP contribution in [0.2, 0.25) is 0 Å². The summed E-state index contributed by atoms with van der Waals surface area (Å²) in [7, 11) is 1.88. The molecule has 0 amide bonds. The topological polar surface area (TPSA) is 36.4 Å². The van der Waals surface area contributed by atoms with Crippen LogP contribution < -0.4 is 10.6 Å². The van der Waals surface area contributed by atoms with E-state index in [2.05, 4.69) is 34.3 Å². The molecule has 1 saturated carbocycles. The zero-order valence-corrected chi connectivity index (χ0v) is 13.3. The average molecular weight is 283 g/mol. The quantitative estimate of drug-likeness (QED) is 0.615. The highest BCUT2D eigenvalue weighted by Crippen LogP contribution is 2.28. The maximum Gasteiger partial charge on any atom is 0.191 e. The summed E-state index contributed by atoms with van der Waals surface area (Å²) in [6.45, 7) is 4.53. The first-order chi connectivity index (χ1) is 9.28. The second-order valence-corrected chi connectivity index (χ2v) is 7.52. The van der Waals surface area contributed by atoms with E-state index in [9.17, 15) is 0 Å². The predicted molar refractivity (Wildman–Crippen MR) is 86.0 cm³/mol. The molecular weight excluding hydrogens is 254 g/mol. The van der Waals surface area contributed by atoms with Crippen molar-refractivity contribution in [1.29, 1.82) is 0 Å². The van der Waals surface area contributed by atoms with Crippen LogP contribution in [0.5, 0.6) is 0 Å². The van der Waals surface area contributed by atoms with Gasteiger partial charge in [-0.05, 0) is 43.3 Å². The standard InChI is InChI=1S/C15H29N3S/c1-12-5-3-6-13(9-12)10-17-15(16-2)18-11-14-7-4-8-19-14/h12-14H,3-11H2,1-2H3,(H2,16,17,18). The van der Waals surface area contributed by atoms with Crippen molar-refractivity contribution in [2.45, 2.75) is 50.7 Å². The number of thioether (sulfide) groups is 1. The maximum atomic E-state index is 4.34. The summed E-state index contributed by atoms with van der Waals surface area (Å²) in [6, 6.07) is 0. The van der Waals surface area contributed by atoms with Crippen LogP contribution in [0.15, 0.2) is 4.99 Å². The number of rotatable bonds is 4. The first kappa shape index (κ1) is 15.0. The second kappa shape index (κ2) is 8.03. The van der Waals surface area contributed by atoms with Crippen molar-refractivity contribution in [3.05, 3.63) is 0 Å². The molecule has 2 rings (SSSR count). The number of hydrogen-bond acceptors (Lipinski definition) is 2. The van der Waals surface area contributed by atoms with E-state index in [0.29, 0.717) is 0 Å².